The molecule has 7 heteroatoms. The fourth-order valence-electron chi connectivity index (χ4n) is 3.92. The average Bonchev–Trinajstić information content (AvgIpc) is 3.12. The summed E-state index contributed by atoms with van der Waals surface area (Å²) >= 11 is 0. The highest BCUT2D eigenvalue weighted by molar-refractivity contribution is 6.19. The normalized spacial score (nSPS) is 16.8. The van der Waals surface area contributed by atoms with Crippen LogP contribution >= 0.6 is 0 Å². The van der Waals surface area contributed by atoms with Crippen LogP contribution in [0.3, 0.4) is 0 Å². The van der Waals surface area contributed by atoms with E-state index >= 15 is 0 Å². The van der Waals surface area contributed by atoms with Gasteiger partial charge in [-0.3, -0.25) is 19.3 Å². The van der Waals surface area contributed by atoms with Crippen molar-refractivity contribution in [3.8, 4) is 0 Å². The maximum absolute atomic E-state index is 12.9. The molecule has 0 radical (unpaired) electrons. The number of carbonyl (C=O) groups is 3. The van der Waals surface area contributed by atoms with Crippen LogP contribution in [0.1, 0.15) is 28.8 Å². The average molecular weight is 407 g/mol. The van der Waals surface area contributed by atoms with Crippen molar-refractivity contribution in [2.45, 2.75) is 19.4 Å². The Morgan fingerprint density at radius 1 is 0.967 bits per heavy atom. The molecule has 2 saturated heterocycles. The Morgan fingerprint density at radius 2 is 1.60 bits per heavy atom. The zero-order valence-electron chi connectivity index (χ0n) is 17.0. The highest BCUT2D eigenvalue weighted by atomic mass is 16.5. The predicted molar refractivity (Wildman–Crippen MR) is 113 cm³/mol. The quantitative estimate of drug-likeness (QED) is 0.712. The van der Waals surface area contributed by atoms with Gasteiger partial charge < -0.3 is 14.5 Å². The Morgan fingerprint density at radius 3 is 2.27 bits per heavy atom. The van der Waals surface area contributed by atoms with Crippen LogP contribution in [0, 0.1) is 0 Å². The number of rotatable bonds is 5. The molecule has 0 atom stereocenters. The molecule has 156 valence electrons. The predicted octanol–water partition coefficient (Wildman–Crippen LogP) is 2.45. The van der Waals surface area contributed by atoms with Crippen LogP contribution in [-0.4, -0.2) is 56.0 Å². The van der Waals surface area contributed by atoms with Crippen molar-refractivity contribution in [2.24, 2.45) is 0 Å². The molecule has 2 heterocycles. The molecule has 0 N–H and O–H groups in total. The first-order chi connectivity index (χ1) is 14.5. The van der Waals surface area contributed by atoms with Crippen LogP contribution in [0.15, 0.2) is 48.5 Å². The van der Waals surface area contributed by atoms with Gasteiger partial charge in [0.2, 0.25) is 11.8 Å². The molecule has 2 aromatic carbocycles. The van der Waals surface area contributed by atoms with Gasteiger partial charge in [0, 0.05) is 50.8 Å². The number of amides is 3. The van der Waals surface area contributed by atoms with Crippen molar-refractivity contribution in [3.05, 3.63) is 59.7 Å². The molecule has 0 bridgehead atoms. The van der Waals surface area contributed by atoms with Gasteiger partial charge in [-0.05, 0) is 35.9 Å². The highest BCUT2D eigenvalue weighted by Gasteiger charge is 2.30. The largest absolute Gasteiger partial charge is 0.378 e. The number of imide groups is 1. The van der Waals surface area contributed by atoms with E-state index in [0.717, 1.165) is 24.3 Å². The second-order valence-corrected chi connectivity index (χ2v) is 7.56. The molecule has 0 aliphatic carbocycles. The van der Waals surface area contributed by atoms with Gasteiger partial charge >= 0.3 is 0 Å². The first-order valence-electron chi connectivity index (χ1n) is 10.2. The number of para-hydroxylation sites is 1. The van der Waals surface area contributed by atoms with Gasteiger partial charge in [0.05, 0.1) is 18.9 Å². The number of morpholine rings is 1. The van der Waals surface area contributed by atoms with Crippen molar-refractivity contribution in [1.29, 1.82) is 0 Å². The lowest BCUT2D eigenvalue weighted by Gasteiger charge is -2.31. The van der Waals surface area contributed by atoms with E-state index < -0.39 is 0 Å². The van der Waals surface area contributed by atoms with Gasteiger partial charge in [0.1, 0.15) is 0 Å². The SMILES string of the molecule is CN(Cc1ccccc1N1CCOCC1)C(=O)c1ccc(N2C(=O)CCC2=O)cc1. The van der Waals surface area contributed by atoms with Crippen molar-refractivity contribution in [3.63, 3.8) is 0 Å². The minimum atomic E-state index is -0.198. The number of hydrogen-bond donors (Lipinski definition) is 0. The van der Waals surface area contributed by atoms with Crippen LogP contribution < -0.4 is 9.80 Å². The van der Waals surface area contributed by atoms with Gasteiger partial charge in [-0.1, -0.05) is 18.2 Å². The summed E-state index contributed by atoms with van der Waals surface area (Å²) < 4.78 is 5.45. The van der Waals surface area contributed by atoms with Crippen molar-refractivity contribution < 1.29 is 19.1 Å². The third kappa shape index (κ3) is 4.07. The molecule has 3 amide bonds. The van der Waals surface area contributed by atoms with E-state index in [-0.39, 0.29) is 30.6 Å². The van der Waals surface area contributed by atoms with E-state index in [1.54, 1.807) is 36.2 Å². The van der Waals surface area contributed by atoms with E-state index in [9.17, 15) is 14.4 Å². The number of carbonyl (C=O) groups excluding carboxylic acids is 3. The van der Waals surface area contributed by atoms with E-state index in [1.807, 2.05) is 18.2 Å². The topological polar surface area (TPSA) is 70.2 Å². The number of anilines is 2. The Balaban J connectivity index is 1.47. The lowest BCUT2D eigenvalue weighted by molar-refractivity contribution is -0.121. The van der Waals surface area contributed by atoms with E-state index in [1.165, 1.54) is 4.90 Å². The van der Waals surface area contributed by atoms with Crippen LogP contribution in [0.2, 0.25) is 0 Å². The molecule has 2 fully saturated rings. The second kappa shape index (κ2) is 8.67. The summed E-state index contributed by atoms with van der Waals surface area (Å²) in [5.74, 6) is -0.510. The first kappa shape index (κ1) is 20.1. The summed E-state index contributed by atoms with van der Waals surface area (Å²) in [6.45, 7) is 3.57. The van der Waals surface area contributed by atoms with Gasteiger partial charge in [0.15, 0.2) is 0 Å². The van der Waals surface area contributed by atoms with Crippen LogP contribution in [-0.2, 0) is 20.9 Å². The minimum Gasteiger partial charge on any atom is -0.378 e. The Kier molecular flexibility index (Phi) is 5.81. The highest BCUT2D eigenvalue weighted by Crippen LogP contribution is 2.25. The molecule has 0 aromatic heterocycles. The number of ether oxygens (including phenoxy) is 1. The lowest BCUT2D eigenvalue weighted by Crippen LogP contribution is -2.37. The van der Waals surface area contributed by atoms with Gasteiger partial charge in [-0.2, -0.15) is 0 Å². The smallest absolute Gasteiger partial charge is 0.253 e. The molecule has 2 aromatic rings. The molecule has 0 spiro atoms. The monoisotopic (exact) mass is 407 g/mol. The molecular weight excluding hydrogens is 382 g/mol. The minimum absolute atomic E-state index is 0.114. The zero-order chi connectivity index (χ0) is 21.1. The first-order valence-corrected chi connectivity index (χ1v) is 10.2. The molecule has 4 rings (SSSR count). The Hall–Kier alpha value is -3.19. The number of nitrogens with zero attached hydrogens (tertiary/aromatic N) is 3. The van der Waals surface area contributed by atoms with Crippen molar-refractivity contribution in [1.82, 2.24) is 4.90 Å². The zero-order valence-corrected chi connectivity index (χ0v) is 17.0. The van der Waals surface area contributed by atoms with E-state index in [4.69, 9.17) is 4.74 Å². The molecule has 0 unspecified atom stereocenters. The lowest BCUT2D eigenvalue weighted by atomic mass is 10.1. The number of hydrogen-bond acceptors (Lipinski definition) is 5. The second-order valence-electron chi connectivity index (χ2n) is 7.56. The maximum Gasteiger partial charge on any atom is 0.253 e. The molecule has 0 saturated carbocycles. The summed E-state index contributed by atoms with van der Waals surface area (Å²) in [5, 5.41) is 0. The third-order valence-corrected chi connectivity index (χ3v) is 5.52. The molecular formula is C23H25N3O4. The summed E-state index contributed by atoms with van der Waals surface area (Å²) in [7, 11) is 1.78. The fraction of sp³-hybridized carbons (Fsp3) is 0.348. The maximum atomic E-state index is 12.9. The Bertz CT molecular complexity index is 935. The van der Waals surface area contributed by atoms with E-state index in [2.05, 4.69) is 11.0 Å². The van der Waals surface area contributed by atoms with E-state index in [0.29, 0.717) is 31.0 Å². The summed E-state index contributed by atoms with van der Waals surface area (Å²) in [4.78, 5) is 41.9. The van der Waals surface area contributed by atoms with Gasteiger partial charge in [-0.15, -0.1) is 0 Å². The molecule has 2 aliphatic heterocycles. The van der Waals surface area contributed by atoms with Gasteiger partial charge in [0.25, 0.3) is 5.91 Å². The summed E-state index contributed by atoms with van der Waals surface area (Å²) in [6, 6.07) is 14.8. The van der Waals surface area contributed by atoms with Crippen molar-refractivity contribution in [2.75, 3.05) is 43.2 Å². The summed E-state index contributed by atoms with van der Waals surface area (Å²) in [5.41, 5.74) is 3.24. The summed E-state index contributed by atoms with van der Waals surface area (Å²) in [6.07, 6.45) is 0.482. The van der Waals surface area contributed by atoms with Crippen LogP contribution in [0.5, 0.6) is 0 Å². The molecule has 30 heavy (non-hydrogen) atoms. The fourth-order valence-corrected chi connectivity index (χ4v) is 3.92. The van der Waals surface area contributed by atoms with Crippen LogP contribution in [0.25, 0.3) is 0 Å². The number of benzene rings is 2. The standard InChI is InChI=1S/C23H25N3O4/c1-24(16-18-4-2-3-5-20(18)25-12-14-30-15-13-25)23(29)17-6-8-19(9-7-17)26-21(27)10-11-22(26)28/h2-9H,10-16H2,1H3. The van der Waals surface area contributed by atoms with Crippen molar-refractivity contribution >= 4 is 29.1 Å². The third-order valence-electron chi connectivity index (χ3n) is 5.52. The van der Waals surface area contributed by atoms with Crippen LogP contribution in [0.4, 0.5) is 11.4 Å². The Labute approximate surface area is 175 Å². The van der Waals surface area contributed by atoms with Gasteiger partial charge in [-0.25, -0.2) is 0 Å². The molecule has 2 aliphatic rings. The molecule has 7 nitrogen and oxygen atoms in total.